The number of nitrogens with zero attached hydrogens (tertiary/aromatic N) is 6. The Labute approximate surface area is 229 Å². The normalized spacial score (nSPS) is 13.9. The third-order valence-corrected chi connectivity index (χ3v) is 6.70. The molecule has 1 aliphatic heterocycles. The summed E-state index contributed by atoms with van der Waals surface area (Å²) >= 11 is 0. The van der Waals surface area contributed by atoms with Gasteiger partial charge in [-0.2, -0.15) is 13.2 Å². The van der Waals surface area contributed by atoms with Crippen molar-refractivity contribution >= 4 is 40.1 Å². The average Bonchev–Trinajstić information content (AvgIpc) is 3.42. The van der Waals surface area contributed by atoms with E-state index in [0.29, 0.717) is 40.6 Å². The van der Waals surface area contributed by atoms with Crippen molar-refractivity contribution in [2.24, 2.45) is 0 Å². The molecule has 1 saturated heterocycles. The summed E-state index contributed by atoms with van der Waals surface area (Å²) in [4.78, 5) is 34.4. The van der Waals surface area contributed by atoms with Gasteiger partial charge in [0.1, 0.15) is 17.4 Å². The molecule has 40 heavy (non-hydrogen) atoms. The van der Waals surface area contributed by atoms with Crippen LogP contribution >= 0.6 is 0 Å². The first-order valence-corrected chi connectivity index (χ1v) is 12.8. The number of carbonyl (C=O) groups is 1. The van der Waals surface area contributed by atoms with Crippen molar-refractivity contribution in [3.05, 3.63) is 71.2 Å². The minimum Gasteiger partial charge on any atom is -0.347 e. The summed E-state index contributed by atoms with van der Waals surface area (Å²) in [5.74, 6) is 0.389. The number of nitrogens with one attached hydrogen (secondary N) is 2. The molecular weight excluding hydrogens is 521 g/mol. The Morgan fingerprint density at radius 1 is 1.05 bits per heavy atom. The number of anilines is 4. The SMILES string of the molecule is Cc1ccc(C(=O)Nc2cc(CN3CCCC3)cc(C(F)(F)F)c2)cc1Nc1ncnc2cnc(N(C)C)nc12. The molecule has 4 aromatic rings. The number of alkyl halides is 3. The monoisotopic (exact) mass is 550 g/mol. The lowest BCUT2D eigenvalue weighted by atomic mass is 10.1. The zero-order valence-electron chi connectivity index (χ0n) is 22.4. The lowest BCUT2D eigenvalue weighted by Gasteiger charge is -2.18. The van der Waals surface area contributed by atoms with Gasteiger partial charge in [0.25, 0.3) is 5.91 Å². The average molecular weight is 551 g/mol. The Hall–Kier alpha value is -4.32. The van der Waals surface area contributed by atoms with E-state index in [2.05, 4.69) is 35.5 Å². The van der Waals surface area contributed by atoms with Crippen LogP contribution in [-0.4, -0.2) is 57.9 Å². The van der Waals surface area contributed by atoms with Crippen LogP contribution in [0.25, 0.3) is 11.0 Å². The third-order valence-electron chi connectivity index (χ3n) is 6.70. The Morgan fingerprint density at radius 2 is 1.82 bits per heavy atom. The number of hydrogen-bond acceptors (Lipinski definition) is 8. The lowest BCUT2D eigenvalue weighted by Crippen LogP contribution is -2.19. The van der Waals surface area contributed by atoms with Crippen molar-refractivity contribution in [2.45, 2.75) is 32.5 Å². The van der Waals surface area contributed by atoms with Gasteiger partial charge in [-0.3, -0.25) is 9.69 Å². The zero-order valence-corrected chi connectivity index (χ0v) is 22.4. The van der Waals surface area contributed by atoms with Gasteiger partial charge < -0.3 is 15.5 Å². The van der Waals surface area contributed by atoms with Gasteiger partial charge in [0.05, 0.1) is 11.8 Å². The molecule has 2 aromatic heterocycles. The molecule has 12 heteroatoms. The summed E-state index contributed by atoms with van der Waals surface area (Å²) in [6, 6.07) is 8.73. The van der Waals surface area contributed by atoms with E-state index in [4.69, 9.17) is 0 Å². The number of rotatable bonds is 7. The van der Waals surface area contributed by atoms with Crippen molar-refractivity contribution in [3.8, 4) is 0 Å². The maximum absolute atomic E-state index is 13.6. The zero-order chi connectivity index (χ0) is 28.4. The molecule has 208 valence electrons. The second-order valence-corrected chi connectivity index (χ2v) is 10.0. The van der Waals surface area contributed by atoms with Gasteiger partial charge in [-0.25, -0.2) is 19.9 Å². The number of carbonyl (C=O) groups excluding carboxylic acids is 1. The van der Waals surface area contributed by atoms with Gasteiger partial charge in [-0.15, -0.1) is 0 Å². The Kier molecular flexibility index (Phi) is 7.53. The fourth-order valence-corrected chi connectivity index (χ4v) is 4.60. The van der Waals surface area contributed by atoms with E-state index < -0.39 is 17.6 Å². The van der Waals surface area contributed by atoms with Crippen molar-refractivity contribution in [1.82, 2.24) is 24.8 Å². The van der Waals surface area contributed by atoms with Crippen LogP contribution < -0.4 is 15.5 Å². The van der Waals surface area contributed by atoms with Crippen molar-refractivity contribution in [1.29, 1.82) is 0 Å². The van der Waals surface area contributed by atoms with Crippen LogP contribution in [0.2, 0.25) is 0 Å². The molecule has 0 saturated carbocycles. The number of amides is 1. The highest BCUT2D eigenvalue weighted by Gasteiger charge is 2.31. The molecule has 9 nitrogen and oxygen atoms in total. The number of hydrogen-bond donors (Lipinski definition) is 2. The molecule has 0 atom stereocenters. The second kappa shape index (κ2) is 11.0. The smallest absolute Gasteiger partial charge is 0.347 e. The van der Waals surface area contributed by atoms with E-state index in [1.54, 1.807) is 35.4 Å². The standard InChI is InChI=1S/C28H29F3N8O/c1-17-6-7-19(12-22(17)36-25-24-23(33-16-34-25)14-32-27(37-24)38(2)3)26(40)35-21-11-18(15-39-8-4-5-9-39)10-20(13-21)28(29,30)31/h6-7,10-14,16H,4-5,8-9,15H2,1-3H3,(H,35,40)(H,33,34,36). The summed E-state index contributed by atoms with van der Waals surface area (Å²) in [6.07, 6.45) is 0.524. The Morgan fingerprint density at radius 3 is 2.55 bits per heavy atom. The van der Waals surface area contributed by atoms with Gasteiger partial charge in [-0.05, 0) is 74.3 Å². The first-order valence-electron chi connectivity index (χ1n) is 12.8. The highest BCUT2D eigenvalue weighted by Crippen LogP contribution is 2.33. The summed E-state index contributed by atoms with van der Waals surface area (Å²) in [7, 11) is 3.65. The van der Waals surface area contributed by atoms with E-state index >= 15 is 0 Å². The Balaban J connectivity index is 1.41. The number of halogens is 3. The van der Waals surface area contributed by atoms with Crippen LogP contribution in [-0.2, 0) is 12.7 Å². The molecule has 0 radical (unpaired) electrons. The van der Waals surface area contributed by atoms with Crippen LogP contribution in [0.15, 0.2) is 48.9 Å². The van der Waals surface area contributed by atoms with E-state index in [0.717, 1.165) is 43.6 Å². The van der Waals surface area contributed by atoms with Crippen molar-refractivity contribution in [3.63, 3.8) is 0 Å². The number of likely N-dealkylation sites (tertiary alicyclic amines) is 1. The molecule has 0 bridgehead atoms. The van der Waals surface area contributed by atoms with E-state index in [1.165, 1.54) is 6.33 Å². The summed E-state index contributed by atoms with van der Waals surface area (Å²) in [5.41, 5.74) is 2.56. The summed E-state index contributed by atoms with van der Waals surface area (Å²) in [5, 5.41) is 5.88. The topological polar surface area (TPSA) is 99.2 Å². The fraction of sp³-hybridized carbons (Fsp3) is 0.321. The first kappa shape index (κ1) is 27.3. The van der Waals surface area contributed by atoms with Gasteiger partial charge in [0.15, 0.2) is 5.82 Å². The van der Waals surface area contributed by atoms with Crippen LogP contribution in [0.5, 0.6) is 0 Å². The predicted molar refractivity (Wildman–Crippen MR) is 148 cm³/mol. The largest absolute Gasteiger partial charge is 0.416 e. The third kappa shape index (κ3) is 6.12. The van der Waals surface area contributed by atoms with E-state index in [1.807, 2.05) is 21.0 Å². The van der Waals surface area contributed by atoms with Gasteiger partial charge in [0, 0.05) is 37.6 Å². The maximum atomic E-state index is 13.6. The molecule has 5 rings (SSSR count). The van der Waals surface area contributed by atoms with Crippen molar-refractivity contribution in [2.75, 3.05) is 42.7 Å². The van der Waals surface area contributed by atoms with Crippen LogP contribution in [0.1, 0.15) is 39.9 Å². The quantitative estimate of drug-likeness (QED) is 0.316. The fourth-order valence-electron chi connectivity index (χ4n) is 4.60. The number of aromatic nitrogens is 4. The lowest BCUT2D eigenvalue weighted by molar-refractivity contribution is -0.137. The van der Waals surface area contributed by atoms with Gasteiger partial charge in [-0.1, -0.05) is 6.07 Å². The number of benzene rings is 2. The number of fused-ring (bicyclic) bond motifs is 1. The summed E-state index contributed by atoms with van der Waals surface area (Å²) in [6.45, 7) is 3.96. The van der Waals surface area contributed by atoms with Crippen molar-refractivity contribution < 1.29 is 18.0 Å². The highest BCUT2D eigenvalue weighted by molar-refractivity contribution is 6.05. The Bertz CT molecular complexity index is 1550. The molecule has 1 amide bonds. The molecule has 0 unspecified atom stereocenters. The molecular formula is C28H29F3N8O. The van der Waals surface area contributed by atoms with Crippen LogP contribution in [0, 0.1) is 6.92 Å². The summed E-state index contributed by atoms with van der Waals surface area (Å²) < 4.78 is 40.9. The maximum Gasteiger partial charge on any atom is 0.416 e. The predicted octanol–water partition coefficient (Wildman–Crippen LogP) is 5.40. The molecule has 1 fully saturated rings. The van der Waals surface area contributed by atoms with E-state index in [9.17, 15) is 18.0 Å². The molecule has 1 aliphatic rings. The molecule has 2 N–H and O–H groups in total. The van der Waals surface area contributed by atoms with Crippen LogP contribution in [0.3, 0.4) is 0 Å². The minimum atomic E-state index is -4.53. The minimum absolute atomic E-state index is 0.0961. The molecule has 0 spiro atoms. The van der Waals surface area contributed by atoms with E-state index in [-0.39, 0.29) is 11.3 Å². The molecule has 0 aliphatic carbocycles. The molecule has 2 aromatic carbocycles. The van der Waals surface area contributed by atoms with Gasteiger partial charge in [0.2, 0.25) is 5.95 Å². The first-order chi connectivity index (χ1) is 19.1. The van der Waals surface area contributed by atoms with Gasteiger partial charge >= 0.3 is 6.18 Å². The second-order valence-electron chi connectivity index (χ2n) is 10.0. The number of aryl methyl sites for hydroxylation is 1. The highest BCUT2D eigenvalue weighted by atomic mass is 19.4. The molecule has 3 heterocycles. The van der Waals surface area contributed by atoms with Crippen LogP contribution in [0.4, 0.5) is 36.3 Å².